The van der Waals surface area contributed by atoms with Crippen LogP contribution in [0.4, 0.5) is 30.8 Å². The molecular formula is C33H37F2N7O3. The van der Waals surface area contributed by atoms with Crippen molar-refractivity contribution in [2.45, 2.75) is 58.6 Å². The quantitative estimate of drug-likeness (QED) is 0.271. The summed E-state index contributed by atoms with van der Waals surface area (Å²) < 4.78 is 41.4. The van der Waals surface area contributed by atoms with Crippen LogP contribution in [0.1, 0.15) is 44.9 Å². The SMILES string of the molecule is Cc1c(C[C@@H]2CCCN2C(=O)OC(C)(C)C)nc2cc(F)cc(F)c2c1Nc1cc(N2CCOCC2)ncc1-c1cncnc1. The van der Waals surface area contributed by atoms with Gasteiger partial charge in [-0.3, -0.25) is 4.98 Å². The van der Waals surface area contributed by atoms with Crippen molar-refractivity contribution in [2.75, 3.05) is 43.1 Å². The topological polar surface area (TPSA) is 106 Å². The molecule has 3 aromatic heterocycles. The molecule has 1 amide bonds. The van der Waals surface area contributed by atoms with Crippen LogP contribution >= 0.6 is 0 Å². The van der Waals surface area contributed by atoms with Crippen LogP contribution in [0.3, 0.4) is 0 Å². The molecule has 2 aliphatic rings. The zero-order chi connectivity index (χ0) is 31.7. The second kappa shape index (κ2) is 12.5. The second-order valence-electron chi connectivity index (χ2n) is 12.5. The molecule has 2 saturated heterocycles. The molecule has 0 saturated carbocycles. The molecule has 1 atom stereocenters. The maximum absolute atomic E-state index is 15.6. The number of morpholine rings is 1. The van der Waals surface area contributed by atoms with E-state index in [1.807, 2.05) is 33.8 Å². The Kier molecular flexibility index (Phi) is 8.50. The fourth-order valence-corrected chi connectivity index (χ4v) is 5.96. The zero-order valence-electron chi connectivity index (χ0n) is 25.9. The minimum atomic E-state index is -0.724. The van der Waals surface area contributed by atoms with E-state index >= 15 is 4.39 Å². The summed E-state index contributed by atoms with van der Waals surface area (Å²) in [6.45, 7) is 10.5. The van der Waals surface area contributed by atoms with Gasteiger partial charge >= 0.3 is 6.09 Å². The highest BCUT2D eigenvalue weighted by molar-refractivity contribution is 5.97. The number of ether oxygens (including phenoxy) is 2. The third kappa shape index (κ3) is 6.65. The number of amides is 1. The van der Waals surface area contributed by atoms with E-state index in [1.165, 1.54) is 12.4 Å². The molecule has 6 rings (SSSR count). The van der Waals surface area contributed by atoms with Crippen molar-refractivity contribution >= 4 is 34.2 Å². The van der Waals surface area contributed by atoms with Crippen LogP contribution in [-0.2, 0) is 15.9 Å². The van der Waals surface area contributed by atoms with Gasteiger partial charge in [-0.05, 0) is 46.1 Å². The Balaban J connectivity index is 1.44. The van der Waals surface area contributed by atoms with Crippen molar-refractivity contribution < 1.29 is 23.0 Å². The van der Waals surface area contributed by atoms with Crippen molar-refractivity contribution in [1.82, 2.24) is 24.8 Å². The van der Waals surface area contributed by atoms with Gasteiger partial charge in [-0.1, -0.05) is 0 Å². The molecule has 1 aromatic carbocycles. The van der Waals surface area contributed by atoms with E-state index in [-0.39, 0.29) is 23.0 Å². The minimum Gasteiger partial charge on any atom is -0.444 e. The first-order valence-electron chi connectivity index (χ1n) is 15.2. The van der Waals surface area contributed by atoms with E-state index in [1.54, 1.807) is 23.5 Å². The molecular weight excluding hydrogens is 580 g/mol. The number of aromatic nitrogens is 4. The van der Waals surface area contributed by atoms with Gasteiger partial charge in [-0.15, -0.1) is 0 Å². The molecule has 236 valence electrons. The summed E-state index contributed by atoms with van der Waals surface area (Å²) in [7, 11) is 0. The minimum absolute atomic E-state index is 0.166. The lowest BCUT2D eigenvalue weighted by Crippen LogP contribution is -2.40. The van der Waals surface area contributed by atoms with Gasteiger partial charge < -0.3 is 24.6 Å². The number of nitrogens with one attached hydrogen (secondary N) is 1. The molecule has 1 N–H and O–H groups in total. The highest BCUT2D eigenvalue weighted by atomic mass is 19.1. The van der Waals surface area contributed by atoms with E-state index in [0.717, 1.165) is 30.3 Å². The van der Waals surface area contributed by atoms with Crippen LogP contribution in [-0.4, -0.2) is 75.4 Å². The number of fused-ring (bicyclic) bond motifs is 1. The Morgan fingerprint density at radius 2 is 1.84 bits per heavy atom. The van der Waals surface area contributed by atoms with Crippen molar-refractivity contribution in [3.8, 4) is 11.1 Å². The Hall–Kier alpha value is -4.45. The summed E-state index contributed by atoms with van der Waals surface area (Å²) >= 11 is 0. The molecule has 4 aromatic rings. The van der Waals surface area contributed by atoms with Crippen molar-refractivity contribution in [3.63, 3.8) is 0 Å². The number of hydrogen-bond acceptors (Lipinski definition) is 9. The molecule has 2 aliphatic heterocycles. The number of halogens is 2. The Labute approximate surface area is 260 Å². The second-order valence-corrected chi connectivity index (χ2v) is 12.5. The first-order valence-corrected chi connectivity index (χ1v) is 15.2. The smallest absolute Gasteiger partial charge is 0.410 e. The van der Waals surface area contributed by atoms with E-state index < -0.39 is 17.2 Å². The van der Waals surface area contributed by atoms with Gasteiger partial charge in [0.1, 0.15) is 29.4 Å². The lowest BCUT2D eigenvalue weighted by Gasteiger charge is -2.29. The number of pyridine rings is 2. The van der Waals surface area contributed by atoms with Crippen LogP contribution in [0, 0.1) is 18.6 Å². The summed E-state index contributed by atoms with van der Waals surface area (Å²) in [5.41, 5.74) is 3.46. The van der Waals surface area contributed by atoms with E-state index in [9.17, 15) is 9.18 Å². The summed E-state index contributed by atoms with van der Waals surface area (Å²) in [5.74, 6) is -0.703. The molecule has 0 aliphatic carbocycles. The normalized spacial score (nSPS) is 17.2. The first-order chi connectivity index (χ1) is 21.6. The average molecular weight is 618 g/mol. The van der Waals surface area contributed by atoms with Crippen LogP contribution in [0.2, 0.25) is 0 Å². The molecule has 2 fully saturated rings. The largest absolute Gasteiger partial charge is 0.444 e. The van der Waals surface area contributed by atoms with E-state index in [0.29, 0.717) is 67.5 Å². The van der Waals surface area contributed by atoms with Crippen molar-refractivity contribution in [3.05, 3.63) is 66.0 Å². The predicted octanol–water partition coefficient (Wildman–Crippen LogP) is 6.20. The van der Waals surface area contributed by atoms with Gasteiger partial charge in [-0.2, -0.15) is 0 Å². The number of hydrogen-bond donors (Lipinski definition) is 1. The van der Waals surface area contributed by atoms with Gasteiger partial charge in [0.05, 0.1) is 35.5 Å². The molecule has 45 heavy (non-hydrogen) atoms. The lowest BCUT2D eigenvalue weighted by molar-refractivity contribution is 0.0226. The third-order valence-electron chi connectivity index (χ3n) is 8.14. The summed E-state index contributed by atoms with van der Waals surface area (Å²) in [5, 5.41) is 3.67. The van der Waals surface area contributed by atoms with Crippen molar-refractivity contribution in [1.29, 1.82) is 0 Å². The number of likely N-dealkylation sites (tertiary alicyclic amines) is 1. The van der Waals surface area contributed by atoms with Gasteiger partial charge in [-0.25, -0.2) is 28.5 Å². The van der Waals surface area contributed by atoms with Gasteiger partial charge in [0.25, 0.3) is 0 Å². The molecule has 10 nitrogen and oxygen atoms in total. The third-order valence-corrected chi connectivity index (χ3v) is 8.14. The Morgan fingerprint density at radius 1 is 1.09 bits per heavy atom. The zero-order valence-corrected chi connectivity index (χ0v) is 25.9. The predicted molar refractivity (Wildman–Crippen MR) is 168 cm³/mol. The maximum Gasteiger partial charge on any atom is 0.410 e. The van der Waals surface area contributed by atoms with Gasteiger partial charge in [0.15, 0.2) is 0 Å². The van der Waals surface area contributed by atoms with E-state index in [4.69, 9.17) is 19.4 Å². The number of carbonyl (C=O) groups is 1. The highest BCUT2D eigenvalue weighted by Crippen LogP contribution is 2.38. The summed E-state index contributed by atoms with van der Waals surface area (Å²) in [4.78, 5) is 34.7. The van der Waals surface area contributed by atoms with Crippen LogP contribution in [0.25, 0.3) is 22.0 Å². The number of carbonyl (C=O) groups excluding carboxylic acids is 1. The Morgan fingerprint density at radius 3 is 2.58 bits per heavy atom. The molecule has 0 spiro atoms. The molecule has 0 radical (unpaired) electrons. The lowest BCUT2D eigenvalue weighted by atomic mass is 9.99. The molecule has 0 unspecified atom stereocenters. The molecule has 0 bridgehead atoms. The monoisotopic (exact) mass is 617 g/mol. The van der Waals surface area contributed by atoms with Crippen molar-refractivity contribution in [2.24, 2.45) is 0 Å². The number of rotatable bonds is 6. The van der Waals surface area contributed by atoms with Gasteiger partial charge in [0.2, 0.25) is 0 Å². The standard InChI is InChI=1S/C33H37F2N7O3/c1-20-26(14-23-6-5-7-42(23)32(43)45-33(2,3)4)39-28-13-22(34)12-25(35)30(28)31(20)40-27-15-29(41-8-10-44-11-9-41)38-18-24(27)21-16-36-19-37-17-21/h12-13,15-19,23H,5-11,14H2,1-4H3,(H,38,39,40)/t23-/m0/s1. The average Bonchev–Trinajstić information content (AvgIpc) is 3.47. The number of anilines is 3. The number of nitrogens with zero attached hydrogens (tertiary/aromatic N) is 6. The molecule has 5 heterocycles. The Bertz CT molecular complexity index is 1710. The summed E-state index contributed by atoms with van der Waals surface area (Å²) in [6.07, 6.45) is 8.20. The van der Waals surface area contributed by atoms with Gasteiger partial charge in [0, 0.05) is 85.7 Å². The molecule has 12 heteroatoms. The highest BCUT2D eigenvalue weighted by Gasteiger charge is 2.33. The van der Waals surface area contributed by atoms with Crippen LogP contribution < -0.4 is 10.2 Å². The maximum atomic E-state index is 15.6. The first kappa shape index (κ1) is 30.6. The van der Waals surface area contributed by atoms with E-state index in [2.05, 4.69) is 20.2 Å². The summed E-state index contributed by atoms with van der Waals surface area (Å²) in [6, 6.07) is 3.86. The fourth-order valence-electron chi connectivity index (χ4n) is 5.96. The van der Waals surface area contributed by atoms with Crippen LogP contribution in [0.5, 0.6) is 0 Å². The van der Waals surface area contributed by atoms with Crippen LogP contribution in [0.15, 0.2) is 43.1 Å². The number of benzene rings is 1. The fraction of sp³-hybridized carbons (Fsp3) is 0.424.